The van der Waals surface area contributed by atoms with Crippen molar-refractivity contribution in [3.8, 4) is 11.8 Å². The average Bonchev–Trinajstić information content (AvgIpc) is 2.79. The predicted octanol–water partition coefficient (Wildman–Crippen LogP) is 1.65. The number of aliphatic hydroxyl groups is 1. The van der Waals surface area contributed by atoms with Gasteiger partial charge in [-0.15, -0.1) is 11.3 Å². The first-order valence-corrected chi connectivity index (χ1v) is 7.16. The van der Waals surface area contributed by atoms with Gasteiger partial charge in [-0.3, -0.25) is 4.90 Å². The molecule has 3 N–H and O–H groups in total. The van der Waals surface area contributed by atoms with Crippen molar-refractivity contribution < 1.29 is 5.11 Å². The summed E-state index contributed by atoms with van der Waals surface area (Å²) in [7, 11) is 0. The summed E-state index contributed by atoms with van der Waals surface area (Å²) in [5.74, 6) is 5.91. The van der Waals surface area contributed by atoms with Gasteiger partial charge in [0.1, 0.15) is 0 Å². The van der Waals surface area contributed by atoms with Gasteiger partial charge in [0.15, 0.2) is 0 Å². The fraction of sp³-hybridized carbons (Fsp3) is 0.571. The Hall–Kier alpha value is -0.860. The molecule has 0 aliphatic rings. The lowest BCUT2D eigenvalue weighted by Crippen LogP contribution is -2.31. The van der Waals surface area contributed by atoms with E-state index in [9.17, 15) is 0 Å². The standard InChI is InChI=1S/C14H22N2OS/c1-12(2)16(7-4-8-17)10-14-9-13(11-18-14)5-3-6-15/h9,11-12,17H,4,6-8,10,15H2,1-2H3. The zero-order chi connectivity index (χ0) is 13.4. The van der Waals surface area contributed by atoms with Crippen LogP contribution in [0.2, 0.25) is 0 Å². The van der Waals surface area contributed by atoms with Crippen LogP contribution < -0.4 is 5.73 Å². The fourth-order valence-electron chi connectivity index (χ4n) is 1.68. The lowest BCUT2D eigenvalue weighted by Gasteiger charge is -2.25. The van der Waals surface area contributed by atoms with E-state index in [4.69, 9.17) is 10.8 Å². The quantitative estimate of drug-likeness (QED) is 0.770. The van der Waals surface area contributed by atoms with E-state index in [2.05, 4.69) is 42.0 Å². The lowest BCUT2D eigenvalue weighted by molar-refractivity contribution is 0.186. The minimum atomic E-state index is 0.251. The molecular weight excluding hydrogens is 244 g/mol. The Morgan fingerprint density at radius 3 is 2.89 bits per heavy atom. The van der Waals surface area contributed by atoms with Gasteiger partial charge in [0.2, 0.25) is 0 Å². The van der Waals surface area contributed by atoms with Crippen molar-refractivity contribution in [2.45, 2.75) is 32.9 Å². The molecule has 1 heterocycles. The van der Waals surface area contributed by atoms with Crippen LogP contribution in [0.5, 0.6) is 0 Å². The average molecular weight is 266 g/mol. The molecule has 3 nitrogen and oxygen atoms in total. The third-order valence-corrected chi connectivity index (χ3v) is 3.60. The molecule has 0 amide bonds. The maximum Gasteiger partial charge on any atom is 0.0555 e. The van der Waals surface area contributed by atoms with Gasteiger partial charge in [-0.05, 0) is 26.3 Å². The van der Waals surface area contributed by atoms with Crippen LogP contribution in [0.4, 0.5) is 0 Å². The summed E-state index contributed by atoms with van der Waals surface area (Å²) in [5, 5.41) is 11.0. The molecular formula is C14H22N2OS. The largest absolute Gasteiger partial charge is 0.396 e. The smallest absolute Gasteiger partial charge is 0.0555 e. The van der Waals surface area contributed by atoms with Crippen LogP contribution in [0.3, 0.4) is 0 Å². The molecule has 0 fully saturated rings. The van der Waals surface area contributed by atoms with Crippen LogP contribution in [-0.2, 0) is 6.54 Å². The minimum Gasteiger partial charge on any atom is -0.396 e. The number of nitrogens with zero attached hydrogens (tertiary/aromatic N) is 1. The van der Waals surface area contributed by atoms with E-state index in [-0.39, 0.29) is 6.61 Å². The molecule has 0 radical (unpaired) electrons. The summed E-state index contributed by atoms with van der Waals surface area (Å²) < 4.78 is 0. The summed E-state index contributed by atoms with van der Waals surface area (Å²) in [4.78, 5) is 3.67. The zero-order valence-electron chi connectivity index (χ0n) is 11.1. The molecule has 4 heteroatoms. The molecule has 1 aromatic heterocycles. The van der Waals surface area contributed by atoms with Gasteiger partial charge >= 0.3 is 0 Å². The number of rotatable bonds is 6. The highest BCUT2D eigenvalue weighted by atomic mass is 32.1. The summed E-state index contributed by atoms with van der Waals surface area (Å²) >= 11 is 1.73. The molecule has 0 aliphatic carbocycles. The van der Waals surface area contributed by atoms with E-state index < -0.39 is 0 Å². The third kappa shape index (κ3) is 5.19. The van der Waals surface area contributed by atoms with Gasteiger partial charge in [-0.25, -0.2) is 0 Å². The number of aliphatic hydroxyl groups excluding tert-OH is 1. The van der Waals surface area contributed by atoms with Crippen LogP contribution in [0.25, 0.3) is 0 Å². The molecule has 18 heavy (non-hydrogen) atoms. The molecule has 1 rings (SSSR count). The molecule has 0 saturated carbocycles. The highest BCUT2D eigenvalue weighted by molar-refractivity contribution is 7.10. The molecule has 0 saturated heterocycles. The molecule has 100 valence electrons. The second-order valence-corrected chi connectivity index (χ2v) is 5.44. The normalized spacial score (nSPS) is 10.8. The summed E-state index contributed by atoms with van der Waals surface area (Å²) in [5.41, 5.74) is 6.40. The van der Waals surface area contributed by atoms with E-state index in [1.54, 1.807) is 11.3 Å². The zero-order valence-corrected chi connectivity index (χ0v) is 12.0. The topological polar surface area (TPSA) is 49.5 Å². The summed E-state index contributed by atoms with van der Waals surface area (Å²) in [6.45, 7) is 6.86. The Bertz CT molecular complexity index is 403. The number of hydrogen-bond acceptors (Lipinski definition) is 4. The first-order chi connectivity index (χ1) is 8.67. The van der Waals surface area contributed by atoms with Crippen molar-refractivity contribution in [1.82, 2.24) is 4.90 Å². The second kappa shape index (κ2) is 8.28. The first-order valence-electron chi connectivity index (χ1n) is 6.28. The number of hydrogen-bond donors (Lipinski definition) is 2. The van der Waals surface area contributed by atoms with Crippen molar-refractivity contribution in [1.29, 1.82) is 0 Å². The van der Waals surface area contributed by atoms with Gasteiger partial charge in [-0.2, -0.15) is 0 Å². The van der Waals surface area contributed by atoms with Crippen LogP contribution in [0, 0.1) is 11.8 Å². The SMILES string of the molecule is CC(C)N(CCCO)Cc1cc(C#CCN)cs1. The fourth-order valence-corrected chi connectivity index (χ4v) is 2.52. The maximum atomic E-state index is 8.91. The van der Waals surface area contributed by atoms with Crippen molar-refractivity contribution in [2.75, 3.05) is 19.7 Å². The van der Waals surface area contributed by atoms with Crippen LogP contribution in [-0.4, -0.2) is 35.7 Å². The van der Waals surface area contributed by atoms with Crippen molar-refractivity contribution in [3.63, 3.8) is 0 Å². The van der Waals surface area contributed by atoms with Crippen molar-refractivity contribution in [2.24, 2.45) is 5.73 Å². The van der Waals surface area contributed by atoms with Crippen LogP contribution >= 0.6 is 11.3 Å². The van der Waals surface area contributed by atoms with E-state index in [0.29, 0.717) is 12.6 Å². The first kappa shape index (κ1) is 15.2. The van der Waals surface area contributed by atoms with Gasteiger partial charge in [0, 0.05) is 41.6 Å². The highest BCUT2D eigenvalue weighted by Gasteiger charge is 2.10. The Morgan fingerprint density at radius 1 is 1.50 bits per heavy atom. The van der Waals surface area contributed by atoms with Gasteiger partial charge in [-0.1, -0.05) is 11.8 Å². The Labute approximate surface area is 114 Å². The predicted molar refractivity (Wildman–Crippen MR) is 77.5 cm³/mol. The van der Waals surface area contributed by atoms with Gasteiger partial charge in [0.05, 0.1) is 6.54 Å². The molecule has 0 spiro atoms. The second-order valence-electron chi connectivity index (χ2n) is 4.45. The molecule has 1 aromatic rings. The molecule has 0 atom stereocenters. The van der Waals surface area contributed by atoms with E-state index in [1.165, 1.54) is 4.88 Å². The third-order valence-electron chi connectivity index (χ3n) is 2.68. The monoisotopic (exact) mass is 266 g/mol. The number of nitrogens with two attached hydrogens (primary N) is 1. The highest BCUT2D eigenvalue weighted by Crippen LogP contribution is 2.17. The van der Waals surface area contributed by atoms with Crippen LogP contribution in [0.1, 0.15) is 30.7 Å². The molecule has 0 unspecified atom stereocenters. The Kier molecular flexibility index (Phi) is 6.99. The molecule has 0 aromatic carbocycles. The summed E-state index contributed by atoms with van der Waals surface area (Å²) in [6.07, 6.45) is 0.823. The van der Waals surface area contributed by atoms with Crippen molar-refractivity contribution in [3.05, 3.63) is 21.9 Å². The van der Waals surface area contributed by atoms with E-state index in [1.807, 2.05) is 0 Å². The van der Waals surface area contributed by atoms with E-state index in [0.717, 1.165) is 25.1 Å². The summed E-state index contributed by atoms with van der Waals surface area (Å²) in [6, 6.07) is 2.61. The van der Waals surface area contributed by atoms with Gasteiger partial charge in [0.25, 0.3) is 0 Å². The molecule has 0 bridgehead atoms. The Morgan fingerprint density at radius 2 is 2.28 bits per heavy atom. The minimum absolute atomic E-state index is 0.251. The Balaban J connectivity index is 2.60. The number of thiophene rings is 1. The van der Waals surface area contributed by atoms with Gasteiger partial charge < -0.3 is 10.8 Å². The van der Waals surface area contributed by atoms with E-state index >= 15 is 0 Å². The van der Waals surface area contributed by atoms with Crippen LogP contribution in [0.15, 0.2) is 11.4 Å². The lowest BCUT2D eigenvalue weighted by atomic mass is 10.2. The maximum absolute atomic E-state index is 8.91. The molecule has 0 aliphatic heterocycles. The van der Waals surface area contributed by atoms with Crippen molar-refractivity contribution >= 4 is 11.3 Å².